The Morgan fingerprint density at radius 1 is 1.06 bits per heavy atom. The highest BCUT2D eigenvalue weighted by molar-refractivity contribution is 6.04. The molecule has 0 saturated carbocycles. The van der Waals surface area contributed by atoms with Crippen molar-refractivity contribution in [2.45, 2.75) is 39.3 Å². The predicted molar refractivity (Wildman–Crippen MR) is 136 cm³/mol. The number of nitrogens with zero attached hydrogens (tertiary/aromatic N) is 2. The number of fused-ring (bicyclic) bond motifs is 1. The molecule has 3 atom stereocenters. The summed E-state index contributed by atoms with van der Waals surface area (Å²) in [6.07, 6.45) is 2.18. The molecule has 35 heavy (non-hydrogen) atoms. The summed E-state index contributed by atoms with van der Waals surface area (Å²) in [5, 5.41) is 3.10. The number of amides is 2. The van der Waals surface area contributed by atoms with Gasteiger partial charge in [-0.15, -0.1) is 0 Å². The average Bonchev–Trinajstić information content (AvgIpc) is 3.13. The zero-order valence-electron chi connectivity index (χ0n) is 21.3. The molecule has 2 aromatic rings. The van der Waals surface area contributed by atoms with E-state index in [4.69, 9.17) is 9.47 Å². The number of nitrogens with one attached hydrogen (secondary N) is 1. The molecule has 4 rings (SSSR count). The maximum atomic E-state index is 13.4. The van der Waals surface area contributed by atoms with E-state index in [0.717, 1.165) is 49.0 Å². The Kier molecular flexibility index (Phi) is 7.96. The van der Waals surface area contributed by atoms with Crippen LogP contribution in [0.15, 0.2) is 42.5 Å². The molecule has 3 unspecified atom stereocenters. The molecule has 1 saturated heterocycles. The fourth-order valence-electron chi connectivity index (χ4n) is 5.57. The fourth-order valence-corrected chi connectivity index (χ4v) is 5.57. The fraction of sp³-hybridized carbons (Fsp3) is 0.500. The van der Waals surface area contributed by atoms with Gasteiger partial charge in [-0.05, 0) is 55.0 Å². The number of carbonyl (C=O) groups excluding carboxylic acids is 2. The second kappa shape index (κ2) is 11.1. The lowest BCUT2D eigenvalue weighted by Crippen LogP contribution is -2.41. The Balaban J connectivity index is 1.45. The van der Waals surface area contributed by atoms with Crippen LogP contribution >= 0.6 is 0 Å². The van der Waals surface area contributed by atoms with E-state index in [0.29, 0.717) is 23.6 Å². The lowest BCUT2D eigenvalue weighted by Gasteiger charge is -2.35. The summed E-state index contributed by atoms with van der Waals surface area (Å²) in [4.78, 5) is 30.8. The number of likely N-dealkylation sites (tertiary alicyclic amines) is 1. The van der Waals surface area contributed by atoms with Crippen LogP contribution in [0.2, 0.25) is 0 Å². The van der Waals surface area contributed by atoms with Crippen LogP contribution in [-0.4, -0.2) is 62.0 Å². The molecule has 2 aliphatic heterocycles. The third-order valence-corrected chi connectivity index (χ3v) is 7.04. The molecule has 2 aliphatic rings. The molecule has 0 radical (unpaired) electrons. The second-order valence-electron chi connectivity index (χ2n) is 9.95. The van der Waals surface area contributed by atoms with Crippen LogP contribution in [0, 0.1) is 11.8 Å². The summed E-state index contributed by atoms with van der Waals surface area (Å²) >= 11 is 0. The number of hydrogen-bond donors (Lipinski definition) is 1. The number of hydrogen-bond acceptors (Lipinski definition) is 5. The molecule has 2 amide bonds. The first-order valence-electron chi connectivity index (χ1n) is 12.5. The van der Waals surface area contributed by atoms with Crippen LogP contribution in [0.1, 0.15) is 54.2 Å². The van der Waals surface area contributed by atoms with E-state index in [1.165, 1.54) is 6.42 Å². The van der Waals surface area contributed by atoms with Gasteiger partial charge in [0.1, 0.15) is 17.5 Å². The maximum Gasteiger partial charge on any atom is 0.255 e. The second-order valence-corrected chi connectivity index (χ2v) is 9.95. The van der Waals surface area contributed by atoms with E-state index in [9.17, 15) is 9.59 Å². The zero-order valence-corrected chi connectivity index (χ0v) is 21.3. The van der Waals surface area contributed by atoms with Crippen molar-refractivity contribution in [2.75, 3.05) is 40.4 Å². The molecular weight excluding hydrogens is 442 g/mol. The molecule has 0 aromatic heterocycles. The van der Waals surface area contributed by atoms with Crippen molar-refractivity contribution in [2.24, 2.45) is 11.8 Å². The molecule has 7 nitrogen and oxygen atoms in total. The first kappa shape index (κ1) is 25.0. The maximum absolute atomic E-state index is 13.4. The van der Waals surface area contributed by atoms with Crippen molar-refractivity contribution < 1.29 is 19.1 Å². The molecule has 1 N–H and O–H groups in total. The minimum absolute atomic E-state index is 0.142. The smallest absolute Gasteiger partial charge is 0.255 e. The summed E-state index contributed by atoms with van der Waals surface area (Å²) in [6.45, 7) is 8.70. The highest BCUT2D eigenvalue weighted by Crippen LogP contribution is 2.37. The third-order valence-electron chi connectivity index (χ3n) is 7.04. The van der Waals surface area contributed by atoms with Crippen LogP contribution in [0.3, 0.4) is 0 Å². The minimum atomic E-state index is -0.666. The number of ether oxygens (including phenoxy) is 2. The Morgan fingerprint density at radius 3 is 2.51 bits per heavy atom. The average molecular weight is 480 g/mol. The Morgan fingerprint density at radius 2 is 1.80 bits per heavy atom. The van der Waals surface area contributed by atoms with Crippen LogP contribution < -0.4 is 14.8 Å². The van der Waals surface area contributed by atoms with Gasteiger partial charge in [0.2, 0.25) is 5.91 Å². The first-order chi connectivity index (χ1) is 16.9. The van der Waals surface area contributed by atoms with E-state index < -0.39 is 6.04 Å². The van der Waals surface area contributed by atoms with Crippen LogP contribution in [0.4, 0.5) is 0 Å². The van der Waals surface area contributed by atoms with E-state index in [2.05, 4.69) is 24.1 Å². The lowest BCUT2D eigenvalue weighted by atomic mass is 9.92. The normalized spacial score (nSPS) is 22.1. The summed E-state index contributed by atoms with van der Waals surface area (Å²) < 4.78 is 10.8. The van der Waals surface area contributed by atoms with Gasteiger partial charge in [-0.3, -0.25) is 9.59 Å². The van der Waals surface area contributed by atoms with Gasteiger partial charge in [0.15, 0.2) is 0 Å². The number of methoxy groups -OCH3 is 2. The topological polar surface area (TPSA) is 71.1 Å². The van der Waals surface area contributed by atoms with Gasteiger partial charge in [-0.2, -0.15) is 0 Å². The monoisotopic (exact) mass is 479 g/mol. The van der Waals surface area contributed by atoms with Crippen LogP contribution in [0.5, 0.6) is 11.5 Å². The number of piperidine rings is 1. The Labute approximate surface area is 208 Å². The van der Waals surface area contributed by atoms with Crippen LogP contribution in [0.25, 0.3) is 0 Å². The molecule has 7 heteroatoms. The standard InChI is InChI=1S/C28H37N3O4/c1-19-14-20(2)17-30(16-19)13-7-12-29-27(32)26-23-8-5-6-9-24(23)28(33)31(26)18-21-10-11-22(34-3)15-25(21)35-4/h5-6,8-11,15,19-20,26H,7,12-14,16-18H2,1-4H3,(H,29,32). The third kappa shape index (κ3) is 5.61. The highest BCUT2D eigenvalue weighted by atomic mass is 16.5. The van der Waals surface area contributed by atoms with Gasteiger partial charge < -0.3 is 24.6 Å². The van der Waals surface area contributed by atoms with Crippen molar-refractivity contribution in [1.82, 2.24) is 15.1 Å². The zero-order chi connectivity index (χ0) is 24.9. The van der Waals surface area contributed by atoms with E-state index in [1.807, 2.05) is 30.3 Å². The van der Waals surface area contributed by atoms with Crippen molar-refractivity contribution in [3.63, 3.8) is 0 Å². The van der Waals surface area contributed by atoms with Crippen molar-refractivity contribution >= 4 is 11.8 Å². The minimum Gasteiger partial charge on any atom is -0.497 e. The molecule has 2 aromatic carbocycles. The van der Waals surface area contributed by atoms with Gasteiger partial charge in [0.25, 0.3) is 5.91 Å². The largest absolute Gasteiger partial charge is 0.497 e. The SMILES string of the molecule is COc1ccc(CN2C(=O)c3ccccc3C2C(=O)NCCCN2CC(C)CC(C)C2)c(OC)c1. The molecular formula is C28H37N3O4. The Hall–Kier alpha value is -3.06. The molecule has 0 spiro atoms. The van der Waals surface area contributed by atoms with Crippen molar-refractivity contribution in [3.8, 4) is 11.5 Å². The van der Waals surface area contributed by atoms with E-state index >= 15 is 0 Å². The summed E-state index contributed by atoms with van der Waals surface area (Å²) in [5.41, 5.74) is 2.15. The van der Waals surface area contributed by atoms with Gasteiger partial charge in [-0.1, -0.05) is 32.0 Å². The van der Waals surface area contributed by atoms with Crippen molar-refractivity contribution in [1.29, 1.82) is 0 Å². The summed E-state index contributed by atoms with van der Waals surface area (Å²) in [7, 11) is 3.19. The molecule has 0 bridgehead atoms. The van der Waals surface area contributed by atoms with E-state index in [1.54, 1.807) is 31.3 Å². The summed E-state index contributed by atoms with van der Waals surface area (Å²) in [5.74, 6) is 2.45. The van der Waals surface area contributed by atoms with Gasteiger partial charge in [0.05, 0.1) is 20.8 Å². The van der Waals surface area contributed by atoms with Gasteiger partial charge in [0, 0.05) is 36.8 Å². The number of rotatable bonds is 9. The van der Waals surface area contributed by atoms with Crippen LogP contribution in [-0.2, 0) is 11.3 Å². The summed E-state index contributed by atoms with van der Waals surface area (Å²) in [6, 6.07) is 12.2. The number of carbonyl (C=O) groups is 2. The van der Waals surface area contributed by atoms with E-state index in [-0.39, 0.29) is 18.4 Å². The van der Waals surface area contributed by atoms with Gasteiger partial charge >= 0.3 is 0 Å². The molecule has 188 valence electrons. The molecule has 0 aliphatic carbocycles. The number of benzene rings is 2. The van der Waals surface area contributed by atoms with Gasteiger partial charge in [-0.25, -0.2) is 0 Å². The predicted octanol–water partition coefficient (Wildman–Crippen LogP) is 3.89. The van der Waals surface area contributed by atoms with Crippen molar-refractivity contribution in [3.05, 3.63) is 59.2 Å². The first-order valence-corrected chi connectivity index (χ1v) is 12.5. The molecule has 2 heterocycles. The highest BCUT2D eigenvalue weighted by Gasteiger charge is 2.41. The Bertz CT molecular complexity index is 1050. The molecule has 1 fully saturated rings. The quantitative estimate of drug-likeness (QED) is 0.553. The lowest BCUT2D eigenvalue weighted by molar-refractivity contribution is -0.125.